The predicted octanol–water partition coefficient (Wildman–Crippen LogP) is 3.18. The second-order valence-corrected chi connectivity index (χ2v) is 5.77. The highest BCUT2D eigenvalue weighted by molar-refractivity contribution is 7.07. The number of benzene rings is 1. The van der Waals surface area contributed by atoms with Crippen molar-refractivity contribution in [1.29, 1.82) is 0 Å². The van der Waals surface area contributed by atoms with Crippen LogP contribution in [0.25, 0.3) is 0 Å². The van der Waals surface area contributed by atoms with Crippen LogP contribution in [0.4, 0.5) is 11.4 Å². The second-order valence-electron chi connectivity index (χ2n) is 4.64. The first kappa shape index (κ1) is 14.0. The highest BCUT2D eigenvalue weighted by Gasteiger charge is 2.23. The number of carbonyl (C=O) groups is 2. The molecule has 108 valence electrons. The molecule has 5 nitrogen and oxygen atoms in total. The zero-order chi connectivity index (χ0) is 14.8. The van der Waals surface area contributed by atoms with Gasteiger partial charge in [0.1, 0.15) is 5.69 Å². The molecule has 2 aromatic rings. The lowest BCUT2D eigenvalue weighted by atomic mass is 10.2. The van der Waals surface area contributed by atoms with Crippen molar-refractivity contribution in [3.05, 3.63) is 39.8 Å². The van der Waals surface area contributed by atoms with E-state index in [2.05, 4.69) is 10.3 Å². The van der Waals surface area contributed by atoms with Gasteiger partial charge in [0.05, 0.1) is 16.2 Å². The number of aromatic nitrogens is 1. The van der Waals surface area contributed by atoms with Crippen LogP contribution in [0.15, 0.2) is 29.1 Å². The van der Waals surface area contributed by atoms with Crippen LogP contribution in [0.1, 0.15) is 23.3 Å². The highest BCUT2D eigenvalue weighted by Crippen LogP contribution is 2.31. The number of carbonyl (C=O) groups excluding carboxylic acids is 2. The summed E-state index contributed by atoms with van der Waals surface area (Å²) in [5.41, 5.74) is 3.23. The van der Waals surface area contributed by atoms with Gasteiger partial charge in [0.2, 0.25) is 5.91 Å². The average molecular weight is 322 g/mol. The first-order chi connectivity index (χ1) is 10.1. The van der Waals surface area contributed by atoms with Crippen LogP contribution in [-0.4, -0.2) is 23.3 Å². The third kappa shape index (κ3) is 2.91. The van der Waals surface area contributed by atoms with E-state index < -0.39 is 0 Å². The Morgan fingerprint density at radius 3 is 2.90 bits per heavy atom. The van der Waals surface area contributed by atoms with Crippen LogP contribution < -0.4 is 10.2 Å². The van der Waals surface area contributed by atoms with Gasteiger partial charge in [-0.25, -0.2) is 4.98 Å². The molecule has 0 bridgehead atoms. The van der Waals surface area contributed by atoms with Crippen LogP contribution in [0.2, 0.25) is 5.02 Å². The summed E-state index contributed by atoms with van der Waals surface area (Å²) in [5, 5.41) is 4.85. The maximum atomic E-state index is 11.9. The van der Waals surface area contributed by atoms with E-state index in [1.807, 2.05) is 0 Å². The molecule has 1 aliphatic rings. The van der Waals surface area contributed by atoms with Gasteiger partial charge in [-0.05, 0) is 24.6 Å². The second kappa shape index (κ2) is 5.83. The molecule has 1 fully saturated rings. The molecule has 1 N–H and O–H groups in total. The van der Waals surface area contributed by atoms with Crippen molar-refractivity contribution in [1.82, 2.24) is 4.98 Å². The van der Waals surface area contributed by atoms with E-state index >= 15 is 0 Å². The number of thiazole rings is 1. The molecule has 1 saturated heterocycles. The molecule has 0 spiro atoms. The molecule has 21 heavy (non-hydrogen) atoms. The number of anilines is 2. The van der Waals surface area contributed by atoms with Gasteiger partial charge in [-0.1, -0.05) is 11.6 Å². The van der Waals surface area contributed by atoms with Crippen LogP contribution >= 0.6 is 22.9 Å². The molecule has 0 aliphatic carbocycles. The number of nitrogens with zero attached hydrogens (tertiary/aromatic N) is 2. The molecule has 2 amide bonds. The fourth-order valence-electron chi connectivity index (χ4n) is 2.23. The van der Waals surface area contributed by atoms with E-state index in [1.165, 1.54) is 11.3 Å². The van der Waals surface area contributed by atoms with Crippen molar-refractivity contribution in [3.63, 3.8) is 0 Å². The maximum absolute atomic E-state index is 11.9. The van der Waals surface area contributed by atoms with Gasteiger partial charge in [-0.2, -0.15) is 0 Å². The molecule has 0 unspecified atom stereocenters. The summed E-state index contributed by atoms with van der Waals surface area (Å²) in [4.78, 5) is 29.3. The van der Waals surface area contributed by atoms with Gasteiger partial charge in [0.15, 0.2) is 0 Å². The number of nitrogens with one attached hydrogen (secondary N) is 1. The maximum Gasteiger partial charge on any atom is 0.275 e. The largest absolute Gasteiger partial charge is 0.321 e. The van der Waals surface area contributed by atoms with E-state index in [0.29, 0.717) is 35.1 Å². The topological polar surface area (TPSA) is 62.3 Å². The quantitative estimate of drug-likeness (QED) is 0.944. The van der Waals surface area contributed by atoms with Crippen molar-refractivity contribution in [2.45, 2.75) is 12.8 Å². The van der Waals surface area contributed by atoms with E-state index in [1.54, 1.807) is 34.0 Å². The van der Waals surface area contributed by atoms with Crippen LogP contribution in [0.3, 0.4) is 0 Å². The summed E-state index contributed by atoms with van der Waals surface area (Å²) in [6, 6.07) is 5.13. The SMILES string of the molecule is O=C(Nc1ccc(N2CCCC2=O)c(Cl)c1)c1cscn1. The molecule has 2 heterocycles. The molecule has 1 aromatic carbocycles. The van der Waals surface area contributed by atoms with Crippen molar-refractivity contribution in [3.8, 4) is 0 Å². The number of halogens is 1. The Balaban J connectivity index is 1.78. The Hall–Kier alpha value is -1.92. The van der Waals surface area contributed by atoms with Gasteiger partial charge in [-0.15, -0.1) is 11.3 Å². The minimum absolute atomic E-state index is 0.0798. The zero-order valence-electron chi connectivity index (χ0n) is 11.0. The van der Waals surface area contributed by atoms with Gasteiger partial charge in [-0.3, -0.25) is 9.59 Å². The van der Waals surface area contributed by atoms with Crippen molar-refractivity contribution < 1.29 is 9.59 Å². The van der Waals surface area contributed by atoms with E-state index in [0.717, 1.165) is 6.42 Å². The standard InChI is InChI=1S/C14H12ClN3O2S/c15-10-6-9(17-14(20)11-7-21-8-16-11)3-4-12(10)18-5-1-2-13(18)19/h3-4,6-8H,1-2,5H2,(H,17,20). The average Bonchev–Trinajstić information content (AvgIpc) is 3.10. The Bertz CT molecular complexity index is 688. The van der Waals surface area contributed by atoms with E-state index in [9.17, 15) is 9.59 Å². The molecule has 7 heteroatoms. The third-order valence-corrected chi connectivity index (χ3v) is 4.12. The molecule has 3 rings (SSSR count). The minimum Gasteiger partial charge on any atom is -0.321 e. The summed E-state index contributed by atoms with van der Waals surface area (Å²) in [7, 11) is 0. The fourth-order valence-corrected chi connectivity index (χ4v) is 3.04. The molecule has 0 saturated carbocycles. The first-order valence-electron chi connectivity index (χ1n) is 6.44. The monoisotopic (exact) mass is 321 g/mol. The van der Waals surface area contributed by atoms with Gasteiger partial charge in [0.25, 0.3) is 5.91 Å². The van der Waals surface area contributed by atoms with Gasteiger partial charge < -0.3 is 10.2 Å². The van der Waals surface area contributed by atoms with Crippen molar-refractivity contribution in [2.24, 2.45) is 0 Å². The lowest BCUT2D eigenvalue weighted by molar-refractivity contribution is -0.117. The third-order valence-electron chi connectivity index (χ3n) is 3.23. The van der Waals surface area contributed by atoms with E-state index in [-0.39, 0.29) is 11.8 Å². The molecular formula is C14H12ClN3O2S. The predicted molar refractivity (Wildman–Crippen MR) is 83.1 cm³/mol. The highest BCUT2D eigenvalue weighted by atomic mass is 35.5. The molecule has 0 atom stereocenters. The van der Waals surface area contributed by atoms with Gasteiger partial charge >= 0.3 is 0 Å². The zero-order valence-corrected chi connectivity index (χ0v) is 12.6. The summed E-state index contributed by atoms with van der Waals surface area (Å²) >= 11 is 7.58. The Labute approximate surface area is 130 Å². The smallest absolute Gasteiger partial charge is 0.275 e. The molecule has 0 radical (unpaired) electrons. The Morgan fingerprint density at radius 2 is 2.29 bits per heavy atom. The Morgan fingerprint density at radius 1 is 1.43 bits per heavy atom. The number of hydrogen-bond acceptors (Lipinski definition) is 4. The number of rotatable bonds is 3. The minimum atomic E-state index is -0.280. The lowest BCUT2D eigenvalue weighted by Crippen LogP contribution is -2.24. The summed E-state index contributed by atoms with van der Waals surface area (Å²) in [5.74, 6) is -0.200. The summed E-state index contributed by atoms with van der Waals surface area (Å²) in [6.07, 6.45) is 1.40. The summed E-state index contributed by atoms with van der Waals surface area (Å²) in [6.45, 7) is 0.684. The first-order valence-corrected chi connectivity index (χ1v) is 7.76. The fraction of sp³-hybridized carbons (Fsp3) is 0.214. The number of amides is 2. The molecule has 1 aromatic heterocycles. The van der Waals surface area contributed by atoms with Crippen LogP contribution in [0.5, 0.6) is 0 Å². The Kier molecular flexibility index (Phi) is 3.90. The molecule has 1 aliphatic heterocycles. The number of hydrogen-bond donors (Lipinski definition) is 1. The summed E-state index contributed by atoms with van der Waals surface area (Å²) < 4.78 is 0. The molecular weight excluding hydrogens is 310 g/mol. The van der Waals surface area contributed by atoms with Crippen molar-refractivity contribution in [2.75, 3.05) is 16.8 Å². The van der Waals surface area contributed by atoms with Gasteiger partial charge in [0, 0.05) is 24.0 Å². The van der Waals surface area contributed by atoms with E-state index in [4.69, 9.17) is 11.6 Å². The van der Waals surface area contributed by atoms with Crippen LogP contribution in [0, 0.1) is 0 Å². The normalized spacial score (nSPS) is 14.5. The lowest BCUT2D eigenvalue weighted by Gasteiger charge is -2.18. The van der Waals surface area contributed by atoms with Crippen molar-refractivity contribution >= 4 is 46.1 Å². The van der Waals surface area contributed by atoms with Crippen LogP contribution in [-0.2, 0) is 4.79 Å².